The second kappa shape index (κ2) is 9.55. The fourth-order valence-corrected chi connectivity index (χ4v) is 3.38. The molecule has 1 aromatic carbocycles. The van der Waals surface area contributed by atoms with E-state index in [2.05, 4.69) is 16.1 Å². The highest BCUT2D eigenvalue weighted by atomic mass is 32.2. The van der Waals surface area contributed by atoms with E-state index in [0.717, 1.165) is 25.5 Å². The van der Waals surface area contributed by atoms with Gasteiger partial charge in [-0.25, -0.2) is 13.2 Å². The van der Waals surface area contributed by atoms with Crippen LogP contribution in [0.1, 0.15) is 49.4 Å². The number of carbonyl (C=O) groups is 2. The van der Waals surface area contributed by atoms with E-state index >= 15 is 0 Å². The zero-order valence-corrected chi connectivity index (χ0v) is 16.5. The SMILES string of the molecule is C[C@H](OC(=O)c1cccc(NS(C)(=O)=O)c1)C(=O)NCCC1=CCCCC1. The monoisotopic (exact) mass is 394 g/mol. The number of sulfonamides is 1. The van der Waals surface area contributed by atoms with Crippen LogP contribution in [0.4, 0.5) is 5.69 Å². The van der Waals surface area contributed by atoms with Gasteiger partial charge in [-0.2, -0.15) is 0 Å². The number of hydrogen-bond acceptors (Lipinski definition) is 5. The molecule has 2 N–H and O–H groups in total. The van der Waals surface area contributed by atoms with Crippen molar-refractivity contribution in [1.29, 1.82) is 0 Å². The number of hydrogen-bond donors (Lipinski definition) is 2. The number of carbonyl (C=O) groups excluding carboxylic acids is 2. The second-order valence-corrected chi connectivity index (χ2v) is 8.40. The van der Waals surface area contributed by atoms with Crippen molar-refractivity contribution in [1.82, 2.24) is 5.32 Å². The molecule has 1 aliphatic carbocycles. The number of ether oxygens (including phenoxy) is 1. The largest absolute Gasteiger partial charge is 0.449 e. The Hall–Kier alpha value is -2.35. The van der Waals surface area contributed by atoms with E-state index in [9.17, 15) is 18.0 Å². The summed E-state index contributed by atoms with van der Waals surface area (Å²) in [6.07, 6.45) is 7.73. The summed E-state index contributed by atoms with van der Waals surface area (Å²) in [7, 11) is -3.45. The van der Waals surface area contributed by atoms with Crippen LogP contribution in [0.15, 0.2) is 35.9 Å². The average molecular weight is 394 g/mol. The van der Waals surface area contributed by atoms with Gasteiger partial charge in [0.1, 0.15) is 0 Å². The summed E-state index contributed by atoms with van der Waals surface area (Å²) < 4.78 is 30.0. The first-order valence-electron chi connectivity index (χ1n) is 8.99. The first kappa shape index (κ1) is 21.0. The van der Waals surface area contributed by atoms with Crippen molar-refractivity contribution in [2.75, 3.05) is 17.5 Å². The van der Waals surface area contributed by atoms with Gasteiger partial charge in [-0.05, 0) is 57.2 Å². The number of rotatable bonds is 8. The molecule has 8 heteroatoms. The number of anilines is 1. The smallest absolute Gasteiger partial charge is 0.338 e. The Kier molecular flexibility index (Phi) is 7.41. The minimum Gasteiger partial charge on any atom is -0.449 e. The number of benzene rings is 1. The molecule has 0 saturated carbocycles. The summed E-state index contributed by atoms with van der Waals surface area (Å²) in [4.78, 5) is 24.3. The first-order valence-corrected chi connectivity index (χ1v) is 10.9. The van der Waals surface area contributed by atoms with Crippen molar-refractivity contribution in [3.8, 4) is 0 Å². The minimum absolute atomic E-state index is 0.163. The van der Waals surface area contributed by atoms with Gasteiger partial charge in [-0.15, -0.1) is 0 Å². The van der Waals surface area contributed by atoms with Crippen molar-refractivity contribution in [2.45, 2.75) is 45.1 Å². The third-order valence-electron chi connectivity index (χ3n) is 4.18. The van der Waals surface area contributed by atoms with Gasteiger partial charge in [0.25, 0.3) is 5.91 Å². The van der Waals surface area contributed by atoms with Crippen molar-refractivity contribution in [3.05, 3.63) is 41.5 Å². The Labute approximate surface area is 160 Å². The van der Waals surface area contributed by atoms with E-state index in [4.69, 9.17) is 4.74 Å². The van der Waals surface area contributed by atoms with Gasteiger partial charge in [0.2, 0.25) is 10.0 Å². The van der Waals surface area contributed by atoms with Crippen LogP contribution in [-0.4, -0.2) is 39.2 Å². The van der Waals surface area contributed by atoms with Gasteiger partial charge in [0.05, 0.1) is 11.8 Å². The van der Waals surface area contributed by atoms with Crippen LogP contribution in [-0.2, 0) is 19.6 Å². The molecule has 1 aromatic rings. The third kappa shape index (κ3) is 7.42. The van der Waals surface area contributed by atoms with Crippen LogP contribution in [0, 0.1) is 0 Å². The quantitative estimate of drug-likeness (QED) is 0.521. The Morgan fingerprint density at radius 1 is 1.26 bits per heavy atom. The van der Waals surface area contributed by atoms with Crippen molar-refractivity contribution < 1.29 is 22.7 Å². The fourth-order valence-electron chi connectivity index (χ4n) is 2.83. The molecule has 7 nitrogen and oxygen atoms in total. The maximum absolute atomic E-state index is 12.2. The summed E-state index contributed by atoms with van der Waals surface area (Å²) in [5.74, 6) is -1.05. The van der Waals surface area contributed by atoms with Crippen LogP contribution in [0.25, 0.3) is 0 Å². The van der Waals surface area contributed by atoms with E-state index in [1.165, 1.54) is 49.6 Å². The molecule has 0 spiro atoms. The zero-order valence-electron chi connectivity index (χ0n) is 15.7. The normalized spacial score (nSPS) is 15.4. The molecule has 0 unspecified atom stereocenters. The molecule has 0 heterocycles. The molecule has 0 saturated heterocycles. The Balaban J connectivity index is 1.84. The molecule has 1 aliphatic rings. The predicted octanol–water partition coefficient (Wildman–Crippen LogP) is 2.61. The van der Waals surface area contributed by atoms with Crippen molar-refractivity contribution in [2.24, 2.45) is 0 Å². The molecule has 148 valence electrons. The van der Waals surface area contributed by atoms with Crippen molar-refractivity contribution in [3.63, 3.8) is 0 Å². The number of nitrogens with one attached hydrogen (secondary N) is 2. The van der Waals surface area contributed by atoms with Crippen LogP contribution in [0.2, 0.25) is 0 Å². The molecule has 0 bridgehead atoms. The Morgan fingerprint density at radius 2 is 2.04 bits per heavy atom. The van der Waals surface area contributed by atoms with E-state index in [0.29, 0.717) is 6.54 Å². The van der Waals surface area contributed by atoms with E-state index in [1.807, 2.05) is 0 Å². The second-order valence-electron chi connectivity index (χ2n) is 6.65. The molecule has 0 aliphatic heterocycles. The predicted molar refractivity (Wildman–Crippen MR) is 104 cm³/mol. The molecule has 0 radical (unpaired) electrons. The molecule has 0 fully saturated rings. The molecule has 27 heavy (non-hydrogen) atoms. The lowest BCUT2D eigenvalue weighted by molar-refractivity contribution is -0.129. The van der Waals surface area contributed by atoms with Gasteiger partial charge < -0.3 is 10.1 Å². The summed E-state index contributed by atoms with van der Waals surface area (Å²) in [6, 6.07) is 5.92. The number of esters is 1. The highest BCUT2D eigenvalue weighted by Crippen LogP contribution is 2.19. The molecular formula is C19H26N2O5S. The number of allylic oxidation sites excluding steroid dienone is 1. The lowest BCUT2D eigenvalue weighted by Gasteiger charge is -2.16. The summed E-state index contributed by atoms with van der Waals surface area (Å²) in [6.45, 7) is 2.02. The van der Waals surface area contributed by atoms with Crippen LogP contribution in [0.3, 0.4) is 0 Å². The molecule has 2 rings (SSSR count). The minimum atomic E-state index is -3.45. The maximum atomic E-state index is 12.2. The average Bonchev–Trinajstić information content (AvgIpc) is 2.61. The number of amides is 1. The molecule has 0 aromatic heterocycles. The zero-order chi connectivity index (χ0) is 19.9. The summed E-state index contributed by atoms with van der Waals surface area (Å²) >= 11 is 0. The first-order chi connectivity index (χ1) is 12.7. The van der Waals surface area contributed by atoms with Gasteiger partial charge in [0, 0.05) is 12.2 Å². The van der Waals surface area contributed by atoms with Crippen molar-refractivity contribution >= 4 is 27.6 Å². The lowest BCUT2D eigenvalue weighted by atomic mass is 9.97. The van der Waals surface area contributed by atoms with E-state index < -0.39 is 22.1 Å². The van der Waals surface area contributed by atoms with Gasteiger partial charge in [-0.3, -0.25) is 9.52 Å². The topological polar surface area (TPSA) is 102 Å². The Morgan fingerprint density at radius 3 is 2.70 bits per heavy atom. The van der Waals surface area contributed by atoms with E-state index in [-0.39, 0.29) is 17.2 Å². The molecule has 1 amide bonds. The highest BCUT2D eigenvalue weighted by Gasteiger charge is 2.19. The van der Waals surface area contributed by atoms with Gasteiger partial charge in [0.15, 0.2) is 6.10 Å². The summed E-state index contributed by atoms with van der Waals surface area (Å²) in [5, 5.41) is 2.78. The van der Waals surface area contributed by atoms with Crippen LogP contribution in [0.5, 0.6) is 0 Å². The summed E-state index contributed by atoms with van der Waals surface area (Å²) in [5.41, 5.74) is 1.78. The fraction of sp³-hybridized carbons (Fsp3) is 0.474. The van der Waals surface area contributed by atoms with Gasteiger partial charge >= 0.3 is 5.97 Å². The lowest BCUT2D eigenvalue weighted by Crippen LogP contribution is -2.36. The molecule has 1 atom stereocenters. The highest BCUT2D eigenvalue weighted by molar-refractivity contribution is 7.92. The third-order valence-corrected chi connectivity index (χ3v) is 4.79. The van der Waals surface area contributed by atoms with Gasteiger partial charge in [-0.1, -0.05) is 17.7 Å². The standard InChI is InChI=1S/C19H26N2O5S/c1-14(18(22)20-12-11-15-7-4-3-5-8-15)26-19(23)16-9-6-10-17(13-16)21-27(2,24)25/h6-7,9-10,13-14,21H,3-5,8,11-12H2,1-2H3,(H,20,22)/t14-/m0/s1. The van der Waals surface area contributed by atoms with Crippen LogP contribution < -0.4 is 10.0 Å². The van der Waals surface area contributed by atoms with E-state index in [1.54, 1.807) is 0 Å². The Bertz CT molecular complexity index is 817. The maximum Gasteiger partial charge on any atom is 0.338 e. The molecular weight excluding hydrogens is 368 g/mol. The van der Waals surface area contributed by atoms with Crippen LogP contribution >= 0.6 is 0 Å².